The average Bonchev–Trinajstić information content (AvgIpc) is 3.66. The van der Waals surface area contributed by atoms with Crippen molar-refractivity contribution in [2.75, 3.05) is 4.90 Å². The molecule has 2 N–H and O–H groups in total. The minimum absolute atomic E-state index is 0.0289. The number of hydrogen-bond acceptors (Lipinski definition) is 2. The van der Waals surface area contributed by atoms with E-state index >= 15 is 0 Å². The molecule has 0 spiro atoms. The van der Waals surface area contributed by atoms with Gasteiger partial charge >= 0.3 is 0 Å². The second-order valence-corrected chi connectivity index (χ2v) is 17.7. The van der Waals surface area contributed by atoms with Crippen LogP contribution in [0.15, 0.2) is 211 Å². The molecule has 61 heavy (non-hydrogen) atoms. The van der Waals surface area contributed by atoms with Gasteiger partial charge in [-0.3, -0.25) is 5.32 Å². The zero-order valence-electron chi connectivity index (χ0n) is 34.5. The number of benzene rings is 7. The summed E-state index contributed by atoms with van der Waals surface area (Å²) in [5.74, 6) is 1.41. The van der Waals surface area contributed by atoms with Crippen LogP contribution in [-0.2, 0) is 5.41 Å². The molecule has 0 saturated heterocycles. The number of aliphatic imine (C=N–C) groups is 1. The molecule has 4 aliphatic rings. The Kier molecular flexibility index (Phi) is 8.26. The monoisotopic (exact) mass is 787 g/mol. The summed E-state index contributed by atoms with van der Waals surface area (Å²) in [5, 5.41) is 7.51. The highest BCUT2D eigenvalue weighted by Gasteiger charge is 2.45. The fourth-order valence-electron chi connectivity index (χ4n) is 10.9. The van der Waals surface area contributed by atoms with Gasteiger partial charge in [0.15, 0.2) is 0 Å². The van der Waals surface area contributed by atoms with Crippen molar-refractivity contribution in [3.8, 4) is 11.1 Å². The molecule has 0 fully saturated rings. The largest absolute Gasteiger partial charge is 0.334 e. The van der Waals surface area contributed by atoms with E-state index in [0.717, 1.165) is 17.9 Å². The molecule has 2 aliphatic carbocycles. The number of para-hydroxylation sites is 2. The third kappa shape index (κ3) is 5.74. The molecule has 4 atom stereocenters. The summed E-state index contributed by atoms with van der Waals surface area (Å²) in [6.45, 7) is 4.83. The van der Waals surface area contributed by atoms with Crippen molar-refractivity contribution in [3.05, 3.63) is 223 Å². The number of allylic oxidation sites excluding steroid dienone is 4. The van der Waals surface area contributed by atoms with Crippen molar-refractivity contribution in [3.63, 3.8) is 0 Å². The second kappa shape index (κ2) is 14.0. The molecule has 4 nitrogen and oxygen atoms in total. The molecule has 294 valence electrons. The predicted molar refractivity (Wildman–Crippen MR) is 254 cm³/mol. The van der Waals surface area contributed by atoms with Gasteiger partial charge in [0.2, 0.25) is 5.84 Å². The molecule has 0 bridgehead atoms. The predicted octanol–water partition coefficient (Wildman–Crippen LogP) is 13.0. The van der Waals surface area contributed by atoms with E-state index < -0.39 is 0 Å². The van der Waals surface area contributed by atoms with Gasteiger partial charge in [0, 0.05) is 50.1 Å². The molecular formula is C57H47N4+. The van der Waals surface area contributed by atoms with Crippen molar-refractivity contribution in [1.82, 2.24) is 4.57 Å². The third-order valence-electron chi connectivity index (χ3n) is 13.9. The first kappa shape index (κ1) is 35.9. The Hall–Kier alpha value is -7.01. The Morgan fingerprint density at radius 1 is 0.656 bits per heavy atom. The number of anilines is 2. The smallest absolute Gasteiger partial charge is 0.232 e. The van der Waals surface area contributed by atoms with Crippen molar-refractivity contribution >= 4 is 55.5 Å². The number of nitrogens with two attached hydrogens (primary N) is 1. The molecule has 12 rings (SSSR count). The molecule has 4 heteroatoms. The van der Waals surface area contributed by atoms with E-state index in [9.17, 15) is 0 Å². The molecule has 3 heterocycles. The highest BCUT2D eigenvalue weighted by Crippen LogP contribution is 2.52. The fraction of sp³-hybridized carbons (Fsp3) is 0.140. The number of amidine groups is 1. The molecule has 0 amide bonds. The Morgan fingerprint density at radius 3 is 2.25 bits per heavy atom. The lowest BCUT2D eigenvalue weighted by molar-refractivity contribution is -0.577. The normalized spacial score (nSPS) is 21.2. The van der Waals surface area contributed by atoms with Gasteiger partial charge in [0.05, 0.1) is 28.9 Å². The first-order chi connectivity index (χ1) is 30.0. The molecule has 7 aromatic carbocycles. The summed E-state index contributed by atoms with van der Waals surface area (Å²) >= 11 is 0. The summed E-state index contributed by atoms with van der Waals surface area (Å²) in [6, 6.07) is 58.8. The van der Waals surface area contributed by atoms with Crippen LogP contribution in [0.2, 0.25) is 0 Å². The second-order valence-electron chi connectivity index (χ2n) is 17.7. The first-order valence-electron chi connectivity index (χ1n) is 21.8. The van der Waals surface area contributed by atoms with Crippen molar-refractivity contribution in [2.24, 2.45) is 10.9 Å². The summed E-state index contributed by atoms with van der Waals surface area (Å²) in [6.07, 6.45) is 17.2. The number of quaternary nitrogens is 1. The minimum atomic E-state index is -0.0289. The topological polar surface area (TPSA) is 37.1 Å². The lowest BCUT2D eigenvalue weighted by Crippen LogP contribution is -2.90. The van der Waals surface area contributed by atoms with Crippen LogP contribution in [0.5, 0.6) is 0 Å². The molecule has 2 aliphatic heterocycles. The summed E-state index contributed by atoms with van der Waals surface area (Å²) in [5.41, 5.74) is 13.6. The van der Waals surface area contributed by atoms with E-state index in [1.54, 1.807) is 0 Å². The summed E-state index contributed by atoms with van der Waals surface area (Å²) in [4.78, 5) is 7.78. The van der Waals surface area contributed by atoms with E-state index in [1.807, 2.05) is 0 Å². The number of aromatic nitrogens is 1. The maximum Gasteiger partial charge on any atom is 0.232 e. The van der Waals surface area contributed by atoms with E-state index in [1.165, 1.54) is 77.3 Å². The molecule has 1 aromatic heterocycles. The van der Waals surface area contributed by atoms with Gasteiger partial charge in [-0.25, -0.2) is 0 Å². The van der Waals surface area contributed by atoms with Gasteiger partial charge < -0.3 is 9.47 Å². The molecule has 0 radical (unpaired) electrons. The zero-order valence-corrected chi connectivity index (χ0v) is 34.5. The summed E-state index contributed by atoms with van der Waals surface area (Å²) in [7, 11) is 0. The van der Waals surface area contributed by atoms with Gasteiger partial charge in [-0.2, -0.15) is 4.99 Å². The van der Waals surface area contributed by atoms with Crippen LogP contribution in [0.25, 0.3) is 43.7 Å². The number of hydrogen-bond donors (Lipinski definition) is 1. The van der Waals surface area contributed by atoms with Crippen LogP contribution in [0.1, 0.15) is 49.0 Å². The van der Waals surface area contributed by atoms with Gasteiger partial charge in [0.25, 0.3) is 0 Å². The highest BCUT2D eigenvalue weighted by molar-refractivity contribution is 6.21. The van der Waals surface area contributed by atoms with Gasteiger partial charge in [-0.1, -0.05) is 166 Å². The standard InChI is InChI=1S/C57H46N4/c1-57(2)47-22-12-14-24-51(47)61(42-18-7-4-8-19-42)53-36-41(27-32-48(53)57)40-29-33-50-46(35-40)54-44-20-10-9-15-37(44)28-34-52(54)60(50)43-30-25-39(26-31-43)56-58-49-23-13-11-21-45(49)55(59-56)38-16-5-3-6-17-38/h3-30,32-36,43,47,51,55H,31H2,1-2H3,(H,58,59)/p+1. The van der Waals surface area contributed by atoms with E-state index in [4.69, 9.17) is 4.99 Å². The summed E-state index contributed by atoms with van der Waals surface area (Å²) < 4.78 is 2.58. The zero-order chi connectivity index (χ0) is 40.7. The quantitative estimate of drug-likeness (QED) is 0.185. The van der Waals surface area contributed by atoms with Crippen LogP contribution < -0.4 is 10.2 Å². The lowest BCUT2D eigenvalue weighted by Gasteiger charge is -2.51. The van der Waals surface area contributed by atoms with Crippen LogP contribution >= 0.6 is 0 Å². The number of nitrogens with zero attached hydrogens (tertiary/aromatic N) is 3. The van der Waals surface area contributed by atoms with Crippen molar-refractivity contribution < 1.29 is 5.32 Å². The Balaban J connectivity index is 0.956. The van der Waals surface area contributed by atoms with E-state index in [2.05, 4.69) is 229 Å². The van der Waals surface area contributed by atoms with E-state index in [-0.39, 0.29) is 23.5 Å². The van der Waals surface area contributed by atoms with Gasteiger partial charge in [-0.15, -0.1) is 0 Å². The molecule has 8 aromatic rings. The first-order valence-corrected chi connectivity index (χ1v) is 21.8. The third-order valence-corrected chi connectivity index (χ3v) is 13.9. The van der Waals surface area contributed by atoms with Crippen molar-refractivity contribution in [1.29, 1.82) is 0 Å². The van der Waals surface area contributed by atoms with Crippen LogP contribution in [0, 0.1) is 5.92 Å². The SMILES string of the molecule is CC1(C)c2ccc(-c3ccc4c(c3)c3c5ccccc5ccc3n4C3C=CC(C4=Nc5ccccc5C(c5ccccc5)[NH2+]4)=CC3)cc2N(c2ccccc2)C2C=CC=CC21. The fourth-order valence-corrected chi connectivity index (χ4v) is 10.9. The Bertz CT molecular complexity index is 3200. The molecular weight excluding hydrogens is 741 g/mol. The van der Waals surface area contributed by atoms with Gasteiger partial charge in [-0.05, 0) is 82.4 Å². The van der Waals surface area contributed by atoms with E-state index in [0.29, 0.717) is 5.92 Å². The lowest BCUT2D eigenvalue weighted by atomic mass is 9.65. The Labute approximate surface area is 357 Å². The minimum Gasteiger partial charge on any atom is -0.334 e. The average molecular weight is 788 g/mol. The van der Waals surface area contributed by atoms with Crippen LogP contribution in [0.4, 0.5) is 17.1 Å². The van der Waals surface area contributed by atoms with Crippen molar-refractivity contribution in [2.45, 2.75) is 43.8 Å². The van der Waals surface area contributed by atoms with Crippen LogP contribution in [-0.4, -0.2) is 16.4 Å². The highest BCUT2D eigenvalue weighted by atomic mass is 15.2. The van der Waals surface area contributed by atoms with Gasteiger partial charge in [0.1, 0.15) is 6.04 Å². The van der Waals surface area contributed by atoms with Crippen LogP contribution in [0.3, 0.4) is 0 Å². The maximum atomic E-state index is 5.21. The maximum absolute atomic E-state index is 5.21. The number of fused-ring (bicyclic) bond motifs is 8. The Morgan fingerprint density at radius 2 is 1.39 bits per heavy atom. The molecule has 0 saturated carbocycles. The molecule has 4 unspecified atom stereocenters. The number of rotatable bonds is 5.